The quantitative estimate of drug-likeness (QED) is 0.536. The number of nitrogens with one attached hydrogen (secondary N) is 1. The van der Waals surface area contributed by atoms with E-state index in [9.17, 15) is 18.0 Å². The van der Waals surface area contributed by atoms with Crippen molar-refractivity contribution in [3.8, 4) is 0 Å². The van der Waals surface area contributed by atoms with Crippen LogP contribution in [0.4, 0.5) is 5.69 Å². The maximum Gasteiger partial charge on any atom is 0.243 e. The second-order valence-corrected chi connectivity index (χ2v) is 11.3. The summed E-state index contributed by atoms with van der Waals surface area (Å²) in [6.07, 6.45) is 2.82. The van der Waals surface area contributed by atoms with Gasteiger partial charge in [-0.1, -0.05) is 30.3 Å². The van der Waals surface area contributed by atoms with Gasteiger partial charge in [0.05, 0.1) is 4.90 Å². The van der Waals surface area contributed by atoms with Crippen LogP contribution in [-0.4, -0.2) is 68.7 Å². The van der Waals surface area contributed by atoms with E-state index in [0.29, 0.717) is 37.3 Å². The van der Waals surface area contributed by atoms with Crippen molar-refractivity contribution in [1.29, 1.82) is 0 Å². The van der Waals surface area contributed by atoms with Crippen LogP contribution in [0.2, 0.25) is 0 Å². The minimum absolute atomic E-state index is 0.217. The lowest BCUT2D eigenvalue weighted by Gasteiger charge is -2.24. The predicted molar refractivity (Wildman–Crippen MR) is 135 cm³/mol. The van der Waals surface area contributed by atoms with Gasteiger partial charge in [0.25, 0.3) is 0 Å². The van der Waals surface area contributed by atoms with Crippen molar-refractivity contribution in [1.82, 2.24) is 14.5 Å². The number of carbonyl (C=O) groups excluding carboxylic acids is 2. The van der Waals surface area contributed by atoms with Crippen molar-refractivity contribution >= 4 is 27.5 Å². The fourth-order valence-corrected chi connectivity index (χ4v) is 6.49. The van der Waals surface area contributed by atoms with Crippen LogP contribution in [0, 0.1) is 0 Å². The minimum atomic E-state index is -3.56. The molecule has 0 saturated carbocycles. The first-order chi connectivity index (χ1) is 16.8. The summed E-state index contributed by atoms with van der Waals surface area (Å²) in [4.78, 5) is 29.3. The number of hydrogen-bond acceptors (Lipinski definition) is 5. The van der Waals surface area contributed by atoms with E-state index < -0.39 is 16.1 Å². The van der Waals surface area contributed by atoms with Crippen molar-refractivity contribution in [2.45, 2.75) is 50.1 Å². The summed E-state index contributed by atoms with van der Waals surface area (Å²) in [5, 5.41) is 2.97. The Hall–Kier alpha value is -2.75. The Bertz CT molecular complexity index is 1160. The molecule has 0 unspecified atom stereocenters. The highest BCUT2D eigenvalue weighted by molar-refractivity contribution is 7.89. The van der Waals surface area contributed by atoms with E-state index in [0.717, 1.165) is 32.4 Å². The Morgan fingerprint density at radius 1 is 1.09 bits per heavy atom. The van der Waals surface area contributed by atoms with Gasteiger partial charge >= 0.3 is 0 Å². The number of amides is 2. The number of sulfonamides is 1. The molecule has 2 aromatic carbocycles. The summed E-state index contributed by atoms with van der Waals surface area (Å²) in [5.41, 5.74) is 2.56. The molecule has 4 rings (SSSR count). The first-order valence-electron chi connectivity index (χ1n) is 12.2. The minimum Gasteiger partial charge on any atom is -0.354 e. The predicted octanol–water partition coefficient (Wildman–Crippen LogP) is 2.39. The van der Waals surface area contributed by atoms with E-state index >= 15 is 0 Å². The molecular weight excluding hydrogens is 464 g/mol. The number of carbonyl (C=O) groups is 2. The molecule has 2 amide bonds. The maximum atomic E-state index is 13.0. The Labute approximate surface area is 207 Å². The molecule has 1 atom stereocenters. The Kier molecular flexibility index (Phi) is 7.88. The third-order valence-electron chi connectivity index (χ3n) is 6.69. The first-order valence-corrected chi connectivity index (χ1v) is 13.6. The average molecular weight is 499 g/mol. The lowest BCUT2D eigenvalue weighted by molar-refractivity contribution is -0.125. The van der Waals surface area contributed by atoms with Gasteiger partial charge in [0, 0.05) is 45.2 Å². The lowest BCUT2D eigenvalue weighted by Crippen LogP contribution is -2.47. The lowest BCUT2D eigenvalue weighted by atomic mass is 10.1. The molecule has 0 bridgehead atoms. The van der Waals surface area contributed by atoms with Crippen LogP contribution in [0.5, 0.6) is 0 Å². The molecule has 2 aliphatic rings. The molecule has 1 N–H and O–H groups in total. The zero-order chi connectivity index (χ0) is 25.0. The molecule has 8 nitrogen and oxygen atoms in total. The zero-order valence-corrected chi connectivity index (χ0v) is 21.3. The van der Waals surface area contributed by atoms with E-state index in [1.54, 1.807) is 18.2 Å². The molecule has 188 valence electrons. The molecule has 9 heteroatoms. The smallest absolute Gasteiger partial charge is 0.243 e. The normalized spacial score (nSPS) is 18.1. The van der Waals surface area contributed by atoms with Crippen LogP contribution < -0.4 is 10.2 Å². The van der Waals surface area contributed by atoms with Crippen molar-refractivity contribution < 1.29 is 18.0 Å². The van der Waals surface area contributed by atoms with Crippen molar-refractivity contribution in [3.63, 3.8) is 0 Å². The fraction of sp³-hybridized carbons (Fsp3) is 0.462. The van der Waals surface area contributed by atoms with Crippen molar-refractivity contribution in [2.75, 3.05) is 38.1 Å². The zero-order valence-electron chi connectivity index (χ0n) is 20.4. The molecule has 2 aromatic rings. The van der Waals surface area contributed by atoms with Gasteiger partial charge in [-0.25, -0.2) is 8.42 Å². The Morgan fingerprint density at radius 3 is 2.49 bits per heavy atom. The van der Waals surface area contributed by atoms with Gasteiger partial charge in [-0.3, -0.25) is 14.5 Å². The van der Waals surface area contributed by atoms with E-state index in [1.165, 1.54) is 21.7 Å². The van der Waals surface area contributed by atoms with E-state index in [-0.39, 0.29) is 16.7 Å². The number of anilines is 1. The van der Waals surface area contributed by atoms with E-state index in [2.05, 4.69) is 22.3 Å². The highest BCUT2D eigenvalue weighted by Crippen LogP contribution is 2.35. The molecular formula is C26H34N4O4S. The van der Waals surface area contributed by atoms with Gasteiger partial charge in [-0.05, 0) is 62.2 Å². The average Bonchev–Trinajstić information content (AvgIpc) is 3.50. The number of benzene rings is 2. The van der Waals surface area contributed by atoms with Gasteiger partial charge in [-0.2, -0.15) is 4.31 Å². The summed E-state index contributed by atoms with van der Waals surface area (Å²) in [6.45, 7) is 4.67. The summed E-state index contributed by atoms with van der Waals surface area (Å²) >= 11 is 0. The van der Waals surface area contributed by atoms with Crippen LogP contribution >= 0.6 is 0 Å². The van der Waals surface area contributed by atoms with Gasteiger partial charge in [0.2, 0.25) is 21.8 Å². The van der Waals surface area contributed by atoms with Crippen LogP contribution in [0.15, 0.2) is 53.4 Å². The monoisotopic (exact) mass is 498 g/mol. The molecule has 0 spiro atoms. The highest BCUT2D eigenvalue weighted by Gasteiger charge is 2.38. The van der Waals surface area contributed by atoms with Crippen LogP contribution in [0.3, 0.4) is 0 Å². The summed E-state index contributed by atoms with van der Waals surface area (Å²) in [5.74, 6) is -0.451. The first kappa shape index (κ1) is 25.3. The molecule has 35 heavy (non-hydrogen) atoms. The second-order valence-electron chi connectivity index (χ2n) is 9.38. The summed E-state index contributed by atoms with van der Waals surface area (Å²) in [6, 6.07) is 14.4. The van der Waals surface area contributed by atoms with Gasteiger partial charge in [0.15, 0.2) is 0 Å². The van der Waals surface area contributed by atoms with Crippen molar-refractivity contribution in [3.05, 3.63) is 59.7 Å². The van der Waals surface area contributed by atoms with Gasteiger partial charge in [-0.15, -0.1) is 0 Å². The van der Waals surface area contributed by atoms with Crippen LogP contribution in [0.25, 0.3) is 0 Å². The number of nitrogens with zero attached hydrogens (tertiary/aromatic N) is 3. The maximum absolute atomic E-state index is 13.0. The molecule has 2 aliphatic heterocycles. The topological polar surface area (TPSA) is 90.0 Å². The fourth-order valence-electron chi connectivity index (χ4n) is 4.92. The molecule has 0 aromatic heterocycles. The third-order valence-corrected chi connectivity index (χ3v) is 8.59. The van der Waals surface area contributed by atoms with Crippen LogP contribution in [-0.2, 0) is 32.6 Å². The van der Waals surface area contributed by atoms with Crippen molar-refractivity contribution in [2.24, 2.45) is 0 Å². The third kappa shape index (κ3) is 5.74. The number of rotatable bonds is 9. The Morgan fingerprint density at radius 2 is 1.80 bits per heavy atom. The van der Waals surface area contributed by atoms with Crippen LogP contribution in [0.1, 0.15) is 37.3 Å². The van der Waals surface area contributed by atoms with E-state index in [1.807, 2.05) is 25.2 Å². The van der Waals surface area contributed by atoms with Gasteiger partial charge in [0.1, 0.15) is 6.04 Å². The second kappa shape index (κ2) is 10.9. The van der Waals surface area contributed by atoms with E-state index in [4.69, 9.17) is 0 Å². The molecule has 1 saturated heterocycles. The SMILES string of the molecule is CC(=O)N1c2ccc(S(=O)(=O)N3CCCC3)cc2C[C@H]1C(=O)NCCCN(C)Cc1ccccc1. The largest absolute Gasteiger partial charge is 0.354 e. The summed E-state index contributed by atoms with van der Waals surface area (Å²) in [7, 11) is -1.51. The molecule has 2 heterocycles. The number of fused-ring (bicyclic) bond motifs is 1. The van der Waals surface area contributed by atoms with Gasteiger partial charge < -0.3 is 10.2 Å². The summed E-state index contributed by atoms with van der Waals surface area (Å²) < 4.78 is 27.4. The molecule has 1 fully saturated rings. The highest BCUT2D eigenvalue weighted by atomic mass is 32.2. The Balaban J connectivity index is 1.36. The standard InChI is InChI=1S/C26H34N4O4S/c1-20(31)30-24-12-11-23(35(33,34)29-15-6-7-16-29)17-22(24)18-25(30)26(32)27-13-8-14-28(2)19-21-9-4-3-5-10-21/h3-5,9-12,17,25H,6-8,13-16,18-19H2,1-2H3,(H,27,32)/t25-/m0/s1. The number of hydrogen-bond donors (Lipinski definition) is 1. The molecule has 0 aliphatic carbocycles. The molecule has 0 radical (unpaired) electrons.